The maximum atomic E-state index is 13.9. The van der Waals surface area contributed by atoms with Crippen molar-refractivity contribution in [2.24, 2.45) is 0 Å². The van der Waals surface area contributed by atoms with Crippen molar-refractivity contribution in [2.75, 3.05) is 12.4 Å². The number of benzene rings is 1. The standard InChI is InChI=1S/C14H15ClFN3O/c1-8(2)11-13(17-3)18-7-19-14(11)20-10-6-4-5-9(15)12(10)16/h4-8H,1-3H3,(H,17,18,19). The van der Waals surface area contributed by atoms with E-state index in [1.165, 1.54) is 18.5 Å². The van der Waals surface area contributed by atoms with Crippen LogP contribution in [0.25, 0.3) is 0 Å². The minimum atomic E-state index is -0.603. The summed E-state index contributed by atoms with van der Waals surface area (Å²) in [4.78, 5) is 8.23. The first-order valence-electron chi connectivity index (χ1n) is 6.19. The van der Waals surface area contributed by atoms with Gasteiger partial charge in [-0.15, -0.1) is 0 Å². The Morgan fingerprint density at radius 1 is 1.30 bits per heavy atom. The molecule has 0 amide bonds. The average Bonchev–Trinajstić information content (AvgIpc) is 2.43. The summed E-state index contributed by atoms with van der Waals surface area (Å²) in [7, 11) is 1.76. The van der Waals surface area contributed by atoms with Crippen LogP contribution in [0.3, 0.4) is 0 Å². The zero-order valence-corrected chi connectivity index (χ0v) is 12.2. The summed E-state index contributed by atoms with van der Waals surface area (Å²) in [6.07, 6.45) is 1.37. The SMILES string of the molecule is CNc1ncnc(Oc2cccc(Cl)c2F)c1C(C)C. The highest BCUT2D eigenvalue weighted by Gasteiger charge is 2.18. The van der Waals surface area contributed by atoms with E-state index in [1.807, 2.05) is 13.8 Å². The number of rotatable bonds is 4. The lowest BCUT2D eigenvalue weighted by atomic mass is 10.1. The van der Waals surface area contributed by atoms with Crippen LogP contribution < -0.4 is 10.1 Å². The molecule has 1 heterocycles. The van der Waals surface area contributed by atoms with Crippen LogP contribution in [0.15, 0.2) is 24.5 Å². The molecule has 0 aliphatic carbocycles. The highest BCUT2D eigenvalue weighted by Crippen LogP contribution is 2.34. The zero-order chi connectivity index (χ0) is 14.7. The highest BCUT2D eigenvalue weighted by molar-refractivity contribution is 6.30. The predicted molar refractivity (Wildman–Crippen MR) is 77.2 cm³/mol. The van der Waals surface area contributed by atoms with Crippen molar-refractivity contribution in [3.8, 4) is 11.6 Å². The lowest BCUT2D eigenvalue weighted by molar-refractivity contribution is 0.419. The van der Waals surface area contributed by atoms with Gasteiger partial charge in [0.05, 0.1) is 10.6 Å². The van der Waals surface area contributed by atoms with E-state index < -0.39 is 5.82 Å². The van der Waals surface area contributed by atoms with Crippen LogP contribution in [0.4, 0.5) is 10.2 Å². The predicted octanol–water partition coefficient (Wildman–Crippen LogP) is 4.23. The van der Waals surface area contributed by atoms with Gasteiger partial charge in [-0.25, -0.2) is 14.4 Å². The first-order valence-corrected chi connectivity index (χ1v) is 6.57. The second-order valence-electron chi connectivity index (χ2n) is 4.50. The molecule has 0 atom stereocenters. The molecule has 6 heteroatoms. The third-order valence-electron chi connectivity index (χ3n) is 2.78. The normalized spacial score (nSPS) is 10.7. The third-order valence-corrected chi connectivity index (χ3v) is 3.08. The van der Waals surface area contributed by atoms with E-state index in [0.29, 0.717) is 11.7 Å². The summed E-state index contributed by atoms with van der Waals surface area (Å²) in [5.74, 6) is 0.539. The Morgan fingerprint density at radius 3 is 2.70 bits per heavy atom. The van der Waals surface area contributed by atoms with E-state index in [1.54, 1.807) is 13.1 Å². The van der Waals surface area contributed by atoms with Gasteiger partial charge in [0.1, 0.15) is 12.1 Å². The average molecular weight is 296 g/mol. The Labute approximate surface area is 122 Å². The van der Waals surface area contributed by atoms with Gasteiger partial charge in [0.15, 0.2) is 11.6 Å². The number of nitrogens with zero attached hydrogens (tertiary/aromatic N) is 2. The van der Waals surface area contributed by atoms with Crippen LogP contribution in [0, 0.1) is 5.82 Å². The second kappa shape index (κ2) is 6.05. The molecule has 0 fully saturated rings. The molecule has 0 radical (unpaired) electrons. The monoisotopic (exact) mass is 295 g/mol. The topological polar surface area (TPSA) is 47.0 Å². The second-order valence-corrected chi connectivity index (χ2v) is 4.91. The number of anilines is 1. The van der Waals surface area contributed by atoms with Crippen molar-refractivity contribution in [3.05, 3.63) is 40.9 Å². The van der Waals surface area contributed by atoms with Gasteiger partial charge in [-0.3, -0.25) is 0 Å². The first kappa shape index (κ1) is 14.5. The molecule has 0 aliphatic rings. The van der Waals surface area contributed by atoms with Gasteiger partial charge in [0, 0.05) is 7.05 Å². The number of hydrogen-bond donors (Lipinski definition) is 1. The number of ether oxygens (including phenoxy) is 1. The van der Waals surface area contributed by atoms with E-state index >= 15 is 0 Å². The largest absolute Gasteiger partial charge is 0.435 e. The fourth-order valence-electron chi connectivity index (χ4n) is 1.85. The Balaban J connectivity index is 2.46. The fourth-order valence-corrected chi connectivity index (χ4v) is 2.01. The van der Waals surface area contributed by atoms with Gasteiger partial charge >= 0.3 is 0 Å². The van der Waals surface area contributed by atoms with Crippen LogP contribution in [-0.4, -0.2) is 17.0 Å². The first-order chi connectivity index (χ1) is 9.54. The Hall–Kier alpha value is -1.88. The van der Waals surface area contributed by atoms with Crippen LogP contribution in [0.1, 0.15) is 25.3 Å². The molecule has 0 spiro atoms. The molecule has 0 bridgehead atoms. The van der Waals surface area contributed by atoms with Crippen LogP contribution >= 0.6 is 11.6 Å². The van der Waals surface area contributed by atoms with Crippen LogP contribution in [0.5, 0.6) is 11.6 Å². The van der Waals surface area contributed by atoms with E-state index in [2.05, 4.69) is 15.3 Å². The fraction of sp³-hybridized carbons (Fsp3) is 0.286. The van der Waals surface area contributed by atoms with Gasteiger partial charge in [-0.2, -0.15) is 0 Å². The molecule has 0 aliphatic heterocycles. The van der Waals surface area contributed by atoms with E-state index in [0.717, 1.165) is 5.56 Å². The van der Waals surface area contributed by atoms with Crippen molar-refractivity contribution in [2.45, 2.75) is 19.8 Å². The van der Waals surface area contributed by atoms with Crippen LogP contribution in [0.2, 0.25) is 5.02 Å². The van der Waals surface area contributed by atoms with Crippen molar-refractivity contribution >= 4 is 17.4 Å². The molecular weight excluding hydrogens is 281 g/mol. The van der Waals surface area contributed by atoms with E-state index in [-0.39, 0.29) is 16.7 Å². The van der Waals surface area contributed by atoms with Crippen LogP contribution in [-0.2, 0) is 0 Å². The Bertz CT molecular complexity index is 619. The molecule has 0 saturated carbocycles. The van der Waals surface area contributed by atoms with Gasteiger partial charge in [-0.05, 0) is 18.1 Å². The molecule has 1 N–H and O–H groups in total. The number of hydrogen-bond acceptors (Lipinski definition) is 4. The molecule has 0 unspecified atom stereocenters. The molecular formula is C14H15ClFN3O. The van der Waals surface area contributed by atoms with Gasteiger partial charge in [-0.1, -0.05) is 31.5 Å². The summed E-state index contributed by atoms with van der Waals surface area (Å²) in [5.41, 5.74) is 0.786. The van der Waals surface area contributed by atoms with Gasteiger partial charge in [0.25, 0.3) is 0 Å². The van der Waals surface area contributed by atoms with Crippen molar-refractivity contribution in [3.63, 3.8) is 0 Å². The van der Waals surface area contributed by atoms with Gasteiger partial charge < -0.3 is 10.1 Å². The van der Waals surface area contributed by atoms with Crippen molar-refractivity contribution in [1.29, 1.82) is 0 Å². The quantitative estimate of drug-likeness (QED) is 0.917. The maximum Gasteiger partial charge on any atom is 0.228 e. The number of halogens is 2. The summed E-state index contributed by atoms with van der Waals surface area (Å²) in [6, 6.07) is 4.59. The lowest BCUT2D eigenvalue weighted by Gasteiger charge is -2.16. The molecule has 20 heavy (non-hydrogen) atoms. The molecule has 2 aromatic rings. The third kappa shape index (κ3) is 2.82. The Morgan fingerprint density at radius 2 is 2.05 bits per heavy atom. The van der Waals surface area contributed by atoms with E-state index in [9.17, 15) is 4.39 Å². The molecule has 106 valence electrons. The zero-order valence-electron chi connectivity index (χ0n) is 11.4. The summed E-state index contributed by atoms with van der Waals surface area (Å²) >= 11 is 5.74. The summed E-state index contributed by atoms with van der Waals surface area (Å²) in [6.45, 7) is 3.97. The molecule has 1 aromatic carbocycles. The molecule has 2 rings (SSSR count). The minimum absolute atomic E-state index is 0.0106. The minimum Gasteiger partial charge on any atom is -0.435 e. The number of aromatic nitrogens is 2. The number of nitrogens with one attached hydrogen (secondary N) is 1. The molecule has 1 aromatic heterocycles. The highest BCUT2D eigenvalue weighted by atomic mass is 35.5. The molecule has 0 saturated heterocycles. The lowest BCUT2D eigenvalue weighted by Crippen LogP contribution is -2.05. The Kier molecular flexibility index (Phi) is 4.39. The summed E-state index contributed by atoms with van der Waals surface area (Å²) in [5, 5.41) is 2.99. The van der Waals surface area contributed by atoms with Crippen molar-refractivity contribution in [1.82, 2.24) is 9.97 Å². The van der Waals surface area contributed by atoms with E-state index in [4.69, 9.17) is 16.3 Å². The smallest absolute Gasteiger partial charge is 0.228 e. The summed E-state index contributed by atoms with van der Waals surface area (Å²) < 4.78 is 19.5. The van der Waals surface area contributed by atoms with Gasteiger partial charge in [0.2, 0.25) is 5.88 Å². The van der Waals surface area contributed by atoms with Crippen molar-refractivity contribution < 1.29 is 9.13 Å². The maximum absolute atomic E-state index is 13.9. The molecule has 4 nitrogen and oxygen atoms in total.